The fourth-order valence-electron chi connectivity index (χ4n) is 5.32. The fourth-order valence-corrected chi connectivity index (χ4v) is 5.32. The van der Waals surface area contributed by atoms with E-state index in [1.54, 1.807) is 36.4 Å². The summed E-state index contributed by atoms with van der Waals surface area (Å²) in [5.41, 5.74) is 2.27. The molecule has 2 atom stereocenters. The molecule has 0 spiro atoms. The Bertz CT molecular complexity index is 1560. The second-order valence-corrected chi connectivity index (χ2v) is 10.3. The van der Waals surface area contributed by atoms with Crippen LogP contribution in [0.15, 0.2) is 72.8 Å². The summed E-state index contributed by atoms with van der Waals surface area (Å²) >= 11 is 0. The van der Waals surface area contributed by atoms with Crippen molar-refractivity contribution in [3.05, 3.63) is 89.5 Å². The van der Waals surface area contributed by atoms with Crippen LogP contribution in [0, 0.1) is 6.92 Å². The van der Waals surface area contributed by atoms with Gasteiger partial charge in [-0.3, -0.25) is 14.4 Å². The van der Waals surface area contributed by atoms with E-state index < -0.39 is 30.0 Å². The lowest BCUT2D eigenvalue weighted by Gasteiger charge is -2.27. The number of hydrogen-bond donors (Lipinski definition) is 4. The summed E-state index contributed by atoms with van der Waals surface area (Å²) in [4.78, 5) is 68.5. The highest BCUT2D eigenvalue weighted by atomic mass is 35.5. The van der Waals surface area contributed by atoms with Crippen LogP contribution in [-0.4, -0.2) is 66.4 Å². The first-order valence-corrected chi connectivity index (χ1v) is 13.7. The molecule has 0 radical (unpaired) electrons. The van der Waals surface area contributed by atoms with Crippen LogP contribution in [0.5, 0.6) is 0 Å². The molecular weight excluding hydrogens is 574 g/mol. The standard InChI is InChI=1S/C31H31N5O6.ClH/c1-19-8-2-3-11-22(19)27(37)18-36-26-14-5-4-13-25(26)35(28(38)23-12-7-15-32-23)17-24(29(36)39)34-31(42)33-21-10-6-9-20(16-21)30(40)41;/h2-6,8-11,13-14,16,23-24,32H,7,12,15,17-18H2,1H3,(H,40,41)(H2,33,34,42);1H. The van der Waals surface area contributed by atoms with Crippen LogP contribution in [0.3, 0.4) is 0 Å². The minimum atomic E-state index is -1.21. The molecule has 3 aromatic carbocycles. The van der Waals surface area contributed by atoms with Gasteiger partial charge in [-0.1, -0.05) is 42.5 Å². The van der Waals surface area contributed by atoms with Crippen LogP contribution in [-0.2, 0) is 9.59 Å². The molecule has 0 saturated carbocycles. The summed E-state index contributed by atoms with van der Waals surface area (Å²) in [7, 11) is 0. The van der Waals surface area contributed by atoms with Gasteiger partial charge >= 0.3 is 12.0 Å². The minimum absolute atomic E-state index is 0. The van der Waals surface area contributed by atoms with Crippen LogP contribution >= 0.6 is 12.4 Å². The first-order chi connectivity index (χ1) is 20.2. The zero-order valence-corrected chi connectivity index (χ0v) is 24.2. The Hall–Kier alpha value is -4.74. The van der Waals surface area contributed by atoms with Crippen LogP contribution in [0.2, 0.25) is 0 Å². The van der Waals surface area contributed by atoms with Gasteiger partial charge in [0.2, 0.25) is 5.91 Å². The number of amides is 4. The summed E-state index contributed by atoms with van der Waals surface area (Å²) in [6.45, 7) is 2.05. The number of carboxylic acids is 1. The molecule has 3 aromatic rings. The average molecular weight is 606 g/mol. The SMILES string of the molecule is Cc1ccccc1C(=O)CN1C(=O)C(NC(=O)Nc2cccc(C(=O)O)c2)CN(C(=O)C2CCCN2)c2ccccc21.Cl. The molecule has 1 fully saturated rings. The molecule has 5 rings (SSSR count). The van der Waals surface area contributed by atoms with Gasteiger partial charge in [-0.15, -0.1) is 12.4 Å². The van der Waals surface area contributed by atoms with Crippen LogP contribution < -0.4 is 25.8 Å². The third kappa shape index (κ3) is 6.85. The van der Waals surface area contributed by atoms with Crippen molar-refractivity contribution in [2.24, 2.45) is 0 Å². The number of nitrogens with one attached hydrogen (secondary N) is 3. The maximum Gasteiger partial charge on any atom is 0.335 e. The maximum absolute atomic E-state index is 14.1. The number of nitrogens with zero attached hydrogens (tertiary/aromatic N) is 2. The topological polar surface area (TPSA) is 148 Å². The molecule has 0 aromatic heterocycles. The smallest absolute Gasteiger partial charge is 0.335 e. The van der Waals surface area contributed by atoms with Crippen molar-refractivity contribution in [3.63, 3.8) is 0 Å². The molecular formula is C31H32ClN5O6. The third-order valence-electron chi connectivity index (χ3n) is 7.44. The van der Waals surface area contributed by atoms with E-state index in [0.717, 1.165) is 12.0 Å². The van der Waals surface area contributed by atoms with Gasteiger partial charge in [0.1, 0.15) is 6.04 Å². The molecule has 12 heteroatoms. The molecule has 2 aliphatic heterocycles. The highest BCUT2D eigenvalue weighted by Crippen LogP contribution is 2.34. The molecule has 43 heavy (non-hydrogen) atoms. The molecule has 2 aliphatic rings. The molecule has 1 saturated heterocycles. The number of Topliss-reactive ketones (excluding diaryl/α,β-unsaturated/α-hetero) is 1. The zero-order chi connectivity index (χ0) is 29.8. The van der Waals surface area contributed by atoms with Crippen molar-refractivity contribution in [2.45, 2.75) is 31.8 Å². The lowest BCUT2D eigenvalue weighted by molar-refractivity contribution is -0.121. The van der Waals surface area contributed by atoms with E-state index in [-0.39, 0.29) is 48.4 Å². The molecule has 224 valence electrons. The molecule has 2 heterocycles. The van der Waals surface area contributed by atoms with Gasteiger partial charge in [-0.2, -0.15) is 0 Å². The number of halogens is 1. The molecule has 0 bridgehead atoms. The molecule has 0 aliphatic carbocycles. The largest absolute Gasteiger partial charge is 0.478 e. The van der Waals surface area contributed by atoms with Crippen molar-refractivity contribution in [1.29, 1.82) is 0 Å². The van der Waals surface area contributed by atoms with Gasteiger partial charge < -0.3 is 30.9 Å². The summed E-state index contributed by atoms with van der Waals surface area (Å²) in [5, 5.41) is 17.7. The van der Waals surface area contributed by atoms with Gasteiger partial charge in [-0.05, 0) is 62.2 Å². The lowest BCUT2D eigenvalue weighted by atomic mass is 10.0. The van der Waals surface area contributed by atoms with Crippen molar-refractivity contribution in [3.8, 4) is 0 Å². The predicted octanol–water partition coefficient (Wildman–Crippen LogP) is 3.62. The monoisotopic (exact) mass is 605 g/mol. The van der Waals surface area contributed by atoms with Gasteiger partial charge in [0.05, 0.1) is 36.1 Å². The minimum Gasteiger partial charge on any atom is -0.478 e. The number of urea groups is 1. The van der Waals surface area contributed by atoms with E-state index in [2.05, 4.69) is 16.0 Å². The summed E-state index contributed by atoms with van der Waals surface area (Å²) in [6.07, 6.45) is 1.47. The van der Waals surface area contributed by atoms with Crippen molar-refractivity contribution >= 4 is 59.1 Å². The number of anilines is 3. The van der Waals surface area contributed by atoms with E-state index in [1.807, 2.05) is 19.1 Å². The zero-order valence-electron chi connectivity index (χ0n) is 23.4. The number of benzene rings is 3. The Labute approximate surface area is 254 Å². The van der Waals surface area contributed by atoms with Crippen molar-refractivity contribution < 1.29 is 29.1 Å². The quantitative estimate of drug-likeness (QED) is 0.301. The summed E-state index contributed by atoms with van der Waals surface area (Å²) < 4.78 is 0. The molecule has 4 N–H and O–H groups in total. The van der Waals surface area contributed by atoms with E-state index >= 15 is 0 Å². The number of aromatic carboxylic acids is 1. The summed E-state index contributed by atoms with van der Waals surface area (Å²) in [6, 6.07) is 17.2. The number of hydrogen-bond acceptors (Lipinski definition) is 6. The van der Waals surface area contributed by atoms with Crippen LogP contribution in [0.4, 0.5) is 21.9 Å². The second-order valence-electron chi connectivity index (χ2n) is 10.3. The normalized spacial score (nSPS) is 17.7. The Morgan fingerprint density at radius 1 is 0.977 bits per heavy atom. The Morgan fingerprint density at radius 3 is 2.40 bits per heavy atom. The number of aryl methyl sites for hydroxylation is 1. The van der Waals surface area contributed by atoms with Crippen LogP contribution in [0.25, 0.3) is 0 Å². The third-order valence-corrected chi connectivity index (χ3v) is 7.44. The van der Waals surface area contributed by atoms with Gasteiger partial charge in [0, 0.05) is 11.3 Å². The first-order valence-electron chi connectivity index (χ1n) is 13.7. The van der Waals surface area contributed by atoms with Crippen molar-refractivity contribution in [2.75, 3.05) is 34.8 Å². The Morgan fingerprint density at radius 2 is 1.70 bits per heavy atom. The van der Waals surface area contributed by atoms with E-state index in [0.29, 0.717) is 29.9 Å². The first kappa shape index (κ1) is 31.2. The number of carbonyl (C=O) groups is 5. The molecule has 11 nitrogen and oxygen atoms in total. The second kappa shape index (κ2) is 13.5. The van der Waals surface area contributed by atoms with Gasteiger partial charge in [0.25, 0.3) is 5.91 Å². The average Bonchev–Trinajstić information content (AvgIpc) is 3.50. The van der Waals surface area contributed by atoms with Crippen molar-refractivity contribution in [1.82, 2.24) is 10.6 Å². The number of rotatable bonds is 7. The van der Waals surface area contributed by atoms with E-state index in [9.17, 15) is 29.1 Å². The molecule has 2 unspecified atom stereocenters. The van der Waals surface area contributed by atoms with E-state index in [1.165, 1.54) is 34.1 Å². The highest BCUT2D eigenvalue weighted by Gasteiger charge is 2.39. The van der Waals surface area contributed by atoms with Gasteiger partial charge in [0.15, 0.2) is 5.78 Å². The van der Waals surface area contributed by atoms with E-state index in [4.69, 9.17) is 0 Å². The molecule has 4 amide bonds. The number of carboxylic acid groups (broad SMARTS) is 1. The maximum atomic E-state index is 14.1. The predicted molar refractivity (Wildman–Crippen MR) is 164 cm³/mol. The van der Waals surface area contributed by atoms with Crippen LogP contribution in [0.1, 0.15) is 39.1 Å². The number of para-hydroxylation sites is 2. The number of carbonyl (C=O) groups excluding carboxylic acids is 4. The Kier molecular flexibility index (Phi) is 9.79. The summed E-state index contributed by atoms with van der Waals surface area (Å²) in [5.74, 6) is -2.24. The fraction of sp³-hybridized carbons (Fsp3) is 0.258. The number of ketones is 1. The Balaban J connectivity index is 0.00000423. The lowest BCUT2D eigenvalue weighted by Crippen LogP contribution is -2.55. The highest BCUT2D eigenvalue weighted by molar-refractivity contribution is 6.13. The number of fused-ring (bicyclic) bond motifs is 1. The van der Waals surface area contributed by atoms with Gasteiger partial charge in [-0.25, -0.2) is 9.59 Å².